The number of fused-ring (bicyclic) bond motifs is 4. The van der Waals surface area contributed by atoms with Crippen molar-refractivity contribution in [3.8, 4) is 22.5 Å². The van der Waals surface area contributed by atoms with E-state index in [9.17, 15) is 0 Å². The number of hydrogen-bond acceptors (Lipinski definition) is 4. The zero-order valence-corrected chi connectivity index (χ0v) is 22.6. The summed E-state index contributed by atoms with van der Waals surface area (Å²) in [6, 6.07) is 25.8. The fourth-order valence-electron chi connectivity index (χ4n) is 6.55. The van der Waals surface area contributed by atoms with Gasteiger partial charge in [0.25, 0.3) is 0 Å². The summed E-state index contributed by atoms with van der Waals surface area (Å²) in [6.45, 7) is 0. The molecule has 0 radical (unpaired) electrons. The van der Waals surface area contributed by atoms with Gasteiger partial charge in [-0.3, -0.25) is 4.98 Å². The number of nitrogens with zero attached hydrogens (tertiary/aromatic N) is 4. The van der Waals surface area contributed by atoms with E-state index in [1.165, 1.54) is 38.8 Å². The van der Waals surface area contributed by atoms with Crippen molar-refractivity contribution in [1.82, 2.24) is 19.9 Å². The van der Waals surface area contributed by atoms with Gasteiger partial charge in [0.15, 0.2) is 11.6 Å². The monoisotopic (exact) mass is 528 g/mol. The van der Waals surface area contributed by atoms with Crippen LogP contribution in [0.25, 0.3) is 38.9 Å². The second-order valence-electron chi connectivity index (χ2n) is 11.0. The molecule has 0 bridgehead atoms. The van der Waals surface area contributed by atoms with Gasteiger partial charge < -0.3 is 0 Å². The molecule has 0 aliphatic heterocycles. The standard InChI is InChI=1S/C37H28N4/c1-3-9-25(10-4-1)35-39-36(26-11-5-2-6-12-26)41-37(40-35)32-16-7-13-28-22-33-30(14-8-15-31(33)34(28)32)27-18-17-24-19-20-38-23-29(24)21-27/h1-5,7-11,13-21,23,32,34H,6,12,22H2. The lowest BCUT2D eigenvalue weighted by atomic mass is 9.80. The zero-order valence-electron chi connectivity index (χ0n) is 22.6. The van der Waals surface area contributed by atoms with Crippen molar-refractivity contribution >= 4 is 16.3 Å². The topological polar surface area (TPSA) is 51.6 Å². The zero-order chi connectivity index (χ0) is 27.2. The number of hydrogen-bond donors (Lipinski definition) is 0. The predicted octanol–water partition coefficient (Wildman–Crippen LogP) is 8.41. The van der Waals surface area contributed by atoms with Crippen LogP contribution in [0.4, 0.5) is 0 Å². The molecule has 196 valence electrons. The second kappa shape index (κ2) is 9.90. The first kappa shape index (κ1) is 23.9. The van der Waals surface area contributed by atoms with E-state index in [-0.39, 0.29) is 11.8 Å². The molecule has 2 atom stereocenters. The van der Waals surface area contributed by atoms with Gasteiger partial charge in [-0.1, -0.05) is 103 Å². The van der Waals surface area contributed by atoms with Gasteiger partial charge in [-0.2, -0.15) is 0 Å². The fraction of sp³-hybridized carbons (Fsp3) is 0.135. The molecule has 0 N–H and O–H groups in total. The van der Waals surface area contributed by atoms with Crippen molar-refractivity contribution in [2.24, 2.45) is 0 Å². The molecule has 3 aliphatic rings. The van der Waals surface area contributed by atoms with Gasteiger partial charge in [-0.25, -0.2) is 15.0 Å². The Hall–Kier alpha value is -4.96. The van der Waals surface area contributed by atoms with Gasteiger partial charge >= 0.3 is 0 Å². The van der Waals surface area contributed by atoms with E-state index in [4.69, 9.17) is 15.0 Å². The maximum Gasteiger partial charge on any atom is 0.163 e. The van der Waals surface area contributed by atoms with Gasteiger partial charge in [-0.15, -0.1) is 0 Å². The van der Waals surface area contributed by atoms with Crippen LogP contribution < -0.4 is 0 Å². The van der Waals surface area contributed by atoms with Crippen LogP contribution >= 0.6 is 0 Å². The van der Waals surface area contributed by atoms with Crippen LogP contribution in [0.15, 0.2) is 127 Å². The van der Waals surface area contributed by atoms with Crippen molar-refractivity contribution in [1.29, 1.82) is 0 Å². The van der Waals surface area contributed by atoms with E-state index in [0.29, 0.717) is 0 Å². The summed E-state index contributed by atoms with van der Waals surface area (Å²) in [7, 11) is 0. The smallest absolute Gasteiger partial charge is 0.163 e. The Morgan fingerprint density at radius 2 is 1.66 bits per heavy atom. The molecule has 8 rings (SSSR count). The molecule has 3 aromatic carbocycles. The maximum atomic E-state index is 5.14. The van der Waals surface area contributed by atoms with Gasteiger partial charge in [0.1, 0.15) is 5.82 Å². The average molecular weight is 529 g/mol. The molecule has 4 nitrogen and oxygen atoms in total. The van der Waals surface area contributed by atoms with Crippen molar-refractivity contribution in [2.75, 3.05) is 0 Å². The highest BCUT2D eigenvalue weighted by atomic mass is 15.0. The third kappa shape index (κ3) is 4.23. The van der Waals surface area contributed by atoms with Crippen LogP contribution in [0.1, 0.15) is 47.5 Å². The van der Waals surface area contributed by atoms with Gasteiger partial charge in [-0.05, 0) is 64.6 Å². The molecule has 0 spiro atoms. The minimum Gasteiger partial charge on any atom is -0.264 e. The minimum absolute atomic E-state index is 0.0382. The molecule has 2 aromatic heterocycles. The first-order valence-electron chi connectivity index (χ1n) is 14.3. The number of benzene rings is 3. The summed E-state index contributed by atoms with van der Waals surface area (Å²) in [5.41, 5.74) is 8.91. The molecule has 3 aliphatic carbocycles. The van der Waals surface area contributed by atoms with Crippen molar-refractivity contribution in [2.45, 2.75) is 31.1 Å². The number of rotatable bonds is 4. The molecular weight excluding hydrogens is 500 g/mol. The summed E-state index contributed by atoms with van der Waals surface area (Å²) in [5.74, 6) is 2.61. The van der Waals surface area contributed by atoms with E-state index in [1.54, 1.807) is 0 Å². The Morgan fingerprint density at radius 1 is 0.732 bits per heavy atom. The fourth-order valence-corrected chi connectivity index (χ4v) is 6.55. The highest BCUT2D eigenvalue weighted by molar-refractivity contribution is 5.87. The Morgan fingerprint density at radius 3 is 2.56 bits per heavy atom. The van der Waals surface area contributed by atoms with Crippen LogP contribution in [0.3, 0.4) is 0 Å². The normalized spacial score (nSPS) is 19.0. The highest BCUT2D eigenvalue weighted by Crippen LogP contribution is 2.50. The Labute approximate surface area is 239 Å². The first-order chi connectivity index (χ1) is 20.3. The van der Waals surface area contributed by atoms with Crippen LogP contribution in [-0.4, -0.2) is 19.9 Å². The third-order valence-electron chi connectivity index (χ3n) is 8.55. The van der Waals surface area contributed by atoms with Gasteiger partial charge in [0.05, 0.1) is 0 Å². The summed E-state index contributed by atoms with van der Waals surface area (Å²) in [6.07, 6.45) is 19.9. The first-order valence-corrected chi connectivity index (χ1v) is 14.3. The Kier molecular flexibility index (Phi) is 5.77. The van der Waals surface area contributed by atoms with Crippen molar-refractivity contribution in [3.63, 3.8) is 0 Å². The molecule has 0 saturated carbocycles. The van der Waals surface area contributed by atoms with Crippen molar-refractivity contribution < 1.29 is 0 Å². The van der Waals surface area contributed by atoms with Crippen LogP contribution in [-0.2, 0) is 6.42 Å². The average Bonchev–Trinajstić information content (AvgIpc) is 3.44. The summed E-state index contributed by atoms with van der Waals surface area (Å²) in [5, 5.41) is 2.37. The summed E-state index contributed by atoms with van der Waals surface area (Å²) >= 11 is 0. The lowest BCUT2D eigenvalue weighted by Crippen LogP contribution is -2.16. The molecule has 2 unspecified atom stereocenters. The van der Waals surface area contributed by atoms with Crippen molar-refractivity contribution in [3.05, 3.63) is 150 Å². The molecular formula is C37H28N4. The van der Waals surface area contributed by atoms with Gasteiger partial charge in [0, 0.05) is 35.2 Å². The van der Waals surface area contributed by atoms with Crippen LogP contribution in [0.2, 0.25) is 0 Å². The van der Waals surface area contributed by atoms with E-state index < -0.39 is 0 Å². The summed E-state index contributed by atoms with van der Waals surface area (Å²) < 4.78 is 0. The van der Waals surface area contributed by atoms with Crippen LogP contribution in [0, 0.1) is 0 Å². The van der Waals surface area contributed by atoms with E-state index in [2.05, 4.69) is 96.0 Å². The molecule has 0 fully saturated rings. The largest absolute Gasteiger partial charge is 0.264 e. The number of aromatic nitrogens is 4. The van der Waals surface area contributed by atoms with E-state index in [1.807, 2.05) is 30.6 Å². The van der Waals surface area contributed by atoms with Gasteiger partial charge in [0.2, 0.25) is 0 Å². The SMILES string of the molecule is C1=CCCC(c2nc(-c3ccccc3)nc(C3C=CC=C4Cc5c(-c6ccc7ccncc7c6)cccc5C43)n2)=C1. The number of allylic oxidation sites excluding steroid dienone is 8. The molecule has 41 heavy (non-hydrogen) atoms. The molecule has 5 aromatic rings. The highest BCUT2D eigenvalue weighted by Gasteiger charge is 2.37. The van der Waals surface area contributed by atoms with Crippen LogP contribution in [0.5, 0.6) is 0 Å². The Balaban J connectivity index is 1.25. The molecule has 0 amide bonds. The molecule has 0 saturated heterocycles. The predicted molar refractivity (Wildman–Crippen MR) is 165 cm³/mol. The lowest BCUT2D eigenvalue weighted by molar-refractivity contribution is 0.658. The second-order valence-corrected chi connectivity index (χ2v) is 11.0. The Bertz CT molecular complexity index is 1930. The summed E-state index contributed by atoms with van der Waals surface area (Å²) in [4.78, 5) is 19.6. The molecule has 2 heterocycles. The maximum absolute atomic E-state index is 5.14. The minimum atomic E-state index is 0.0382. The quantitative estimate of drug-likeness (QED) is 0.235. The lowest BCUT2D eigenvalue weighted by Gasteiger charge is -2.25. The molecule has 4 heteroatoms. The van der Waals surface area contributed by atoms with E-state index in [0.717, 1.165) is 47.7 Å². The van der Waals surface area contributed by atoms with E-state index >= 15 is 0 Å². The third-order valence-corrected chi connectivity index (χ3v) is 8.55. The number of pyridine rings is 1.